The molecule has 0 atom stereocenters. The molecule has 1 amide bonds. The van der Waals surface area contributed by atoms with Gasteiger partial charge in [0.15, 0.2) is 17.4 Å². The Hall–Kier alpha value is -3.94. The summed E-state index contributed by atoms with van der Waals surface area (Å²) in [5, 5.41) is 11.2. The summed E-state index contributed by atoms with van der Waals surface area (Å²) in [6, 6.07) is 15.8. The number of benzene rings is 2. The smallest absolute Gasteiger partial charge is 0.404 e. The number of ether oxygens (including phenoxy) is 2. The molecule has 1 saturated carbocycles. The van der Waals surface area contributed by atoms with Crippen molar-refractivity contribution in [3.63, 3.8) is 0 Å². The first-order valence-corrected chi connectivity index (χ1v) is 11.1. The SMILES string of the molecule is CC(=O)c1ncc(Oc2ccc(C(C)(C)c3ccc(OC4CC(NC(=O)O)C4)cc3)cc2)cn1. The third kappa shape index (κ3) is 5.33. The number of carbonyl (C=O) groups excluding carboxylic acids is 1. The van der Waals surface area contributed by atoms with Crippen molar-refractivity contribution in [2.45, 2.75) is 51.2 Å². The fourth-order valence-electron chi connectivity index (χ4n) is 3.89. The first-order chi connectivity index (χ1) is 16.2. The number of ketones is 1. The lowest BCUT2D eigenvalue weighted by Crippen LogP contribution is -2.48. The zero-order valence-corrected chi connectivity index (χ0v) is 19.3. The quantitative estimate of drug-likeness (QED) is 0.455. The van der Waals surface area contributed by atoms with Gasteiger partial charge in [0.1, 0.15) is 17.6 Å². The van der Waals surface area contributed by atoms with Crippen LogP contribution in [0.25, 0.3) is 0 Å². The molecule has 0 saturated heterocycles. The van der Waals surface area contributed by atoms with Crippen molar-refractivity contribution in [1.82, 2.24) is 15.3 Å². The van der Waals surface area contributed by atoms with Crippen molar-refractivity contribution in [3.05, 3.63) is 77.9 Å². The Morgan fingerprint density at radius 3 is 1.94 bits per heavy atom. The second kappa shape index (κ2) is 9.51. The van der Waals surface area contributed by atoms with Gasteiger partial charge in [0.25, 0.3) is 0 Å². The molecule has 2 aromatic carbocycles. The van der Waals surface area contributed by atoms with Gasteiger partial charge in [-0.25, -0.2) is 14.8 Å². The van der Waals surface area contributed by atoms with Crippen LogP contribution in [0.1, 0.15) is 55.4 Å². The number of rotatable bonds is 8. The molecule has 0 aliphatic heterocycles. The van der Waals surface area contributed by atoms with Crippen LogP contribution in [-0.2, 0) is 5.41 Å². The van der Waals surface area contributed by atoms with Gasteiger partial charge in [-0.05, 0) is 35.4 Å². The summed E-state index contributed by atoms with van der Waals surface area (Å²) in [7, 11) is 0. The summed E-state index contributed by atoms with van der Waals surface area (Å²) in [4.78, 5) is 30.0. The van der Waals surface area contributed by atoms with Crippen molar-refractivity contribution < 1.29 is 24.2 Å². The van der Waals surface area contributed by atoms with E-state index in [-0.39, 0.29) is 29.2 Å². The van der Waals surface area contributed by atoms with Crippen LogP contribution >= 0.6 is 0 Å². The molecular formula is C26H27N3O5. The second-order valence-electron chi connectivity index (χ2n) is 8.93. The highest BCUT2D eigenvalue weighted by molar-refractivity contribution is 5.90. The zero-order chi connectivity index (χ0) is 24.3. The predicted octanol–water partition coefficient (Wildman–Crippen LogP) is 4.97. The standard InChI is InChI=1S/C26H27N3O5/c1-16(30)24-27-14-23(15-28-24)34-21-10-6-18(7-11-21)26(2,3)17-4-8-20(9-5-17)33-22-12-19(13-22)29-25(31)32/h4-11,14-15,19,22,29H,12-13H2,1-3H3,(H,31,32). The molecule has 0 bridgehead atoms. The summed E-state index contributed by atoms with van der Waals surface area (Å²) in [6.07, 6.45) is 3.37. The normalized spacial score (nSPS) is 17.4. The molecule has 176 valence electrons. The van der Waals surface area contributed by atoms with E-state index in [2.05, 4.69) is 41.3 Å². The Kier molecular flexibility index (Phi) is 6.49. The fraction of sp³-hybridized carbons (Fsp3) is 0.308. The van der Waals surface area contributed by atoms with Gasteiger partial charge >= 0.3 is 6.09 Å². The third-order valence-corrected chi connectivity index (χ3v) is 6.06. The highest BCUT2D eigenvalue weighted by Gasteiger charge is 2.32. The van der Waals surface area contributed by atoms with E-state index in [1.165, 1.54) is 19.3 Å². The average Bonchev–Trinajstić information content (AvgIpc) is 2.78. The van der Waals surface area contributed by atoms with E-state index < -0.39 is 6.09 Å². The van der Waals surface area contributed by atoms with Gasteiger partial charge in [-0.15, -0.1) is 0 Å². The van der Waals surface area contributed by atoms with Crippen LogP contribution in [0.15, 0.2) is 60.9 Å². The number of aromatic nitrogens is 2. The number of amides is 1. The van der Waals surface area contributed by atoms with Gasteiger partial charge in [-0.2, -0.15) is 0 Å². The summed E-state index contributed by atoms with van der Waals surface area (Å²) in [6.45, 7) is 5.73. The zero-order valence-electron chi connectivity index (χ0n) is 19.3. The largest absolute Gasteiger partial charge is 0.490 e. The van der Waals surface area contributed by atoms with Crippen molar-refractivity contribution in [2.75, 3.05) is 0 Å². The Labute approximate surface area is 198 Å². The van der Waals surface area contributed by atoms with Gasteiger partial charge in [0.2, 0.25) is 0 Å². The molecule has 1 heterocycles. The maximum absolute atomic E-state index is 11.3. The van der Waals surface area contributed by atoms with E-state index in [9.17, 15) is 9.59 Å². The van der Waals surface area contributed by atoms with Crippen LogP contribution < -0.4 is 14.8 Å². The lowest BCUT2D eigenvalue weighted by Gasteiger charge is -2.35. The molecule has 34 heavy (non-hydrogen) atoms. The molecule has 0 radical (unpaired) electrons. The molecule has 0 unspecified atom stereocenters. The maximum Gasteiger partial charge on any atom is 0.404 e. The van der Waals surface area contributed by atoms with Crippen molar-refractivity contribution >= 4 is 11.9 Å². The van der Waals surface area contributed by atoms with Crippen LogP contribution in [0.4, 0.5) is 4.79 Å². The van der Waals surface area contributed by atoms with Crippen molar-refractivity contribution in [3.8, 4) is 17.2 Å². The maximum atomic E-state index is 11.3. The first kappa shape index (κ1) is 23.2. The van der Waals surface area contributed by atoms with E-state index in [0.717, 1.165) is 16.9 Å². The molecular weight excluding hydrogens is 434 g/mol. The molecule has 1 fully saturated rings. The van der Waals surface area contributed by atoms with Crippen molar-refractivity contribution in [2.24, 2.45) is 0 Å². The number of Topliss-reactive ketones (excluding diaryl/α,β-unsaturated/α-hetero) is 1. The lowest BCUT2D eigenvalue weighted by atomic mass is 9.78. The molecule has 3 aromatic rings. The third-order valence-electron chi connectivity index (χ3n) is 6.06. The predicted molar refractivity (Wildman–Crippen MR) is 126 cm³/mol. The minimum absolute atomic E-state index is 0.0277. The second-order valence-corrected chi connectivity index (χ2v) is 8.93. The van der Waals surface area contributed by atoms with Crippen molar-refractivity contribution in [1.29, 1.82) is 0 Å². The Bertz CT molecular complexity index is 1150. The van der Waals surface area contributed by atoms with Gasteiger partial charge in [-0.1, -0.05) is 38.1 Å². The Morgan fingerprint density at radius 1 is 0.912 bits per heavy atom. The number of hydrogen-bond donors (Lipinski definition) is 2. The minimum atomic E-state index is -0.994. The van der Waals surface area contributed by atoms with E-state index >= 15 is 0 Å². The number of carboxylic acid groups (broad SMARTS) is 1. The molecule has 0 spiro atoms. The van der Waals surface area contributed by atoms with Crippen LogP contribution in [0.2, 0.25) is 0 Å². The number of hydrogen-bond acceptors (Lipinski definition) is 6. The highest BCUT2D eigenvalue weighted by atomic mass is 16.5. The van der Waals surface area contributed by atoms with E-state index in [1.54, 1.807) is 0 Å². The minimum Gasteiger partial charge on any atom is -0.490 e. The van der Waals surface area contributed by atoms with E-state index in [1.807, 2.05) is 36.4 Å². The van der Waals surface area contributed by atoms with Gasteiger partial charge in [-0.3, -0.25) is 4.79 Å². The van der Waals surface area contributed by atoms with Crippen LogP contribution in [-0.4, -0.2) is 39.1 Å². The van der Waals surface area contributed by atoms with Crippen LogP contribution in [0.5, 0.6) is 17.2 Å². The Balaban J connectivity index is 1.36. The summed E-state index contributed by atoms with van der Waals surface area (Å²) < 4.78 is 11.7. The average molecular weight is 462 g/mol. The van der Waals surface area contributed by atoms with Crippen LogP contribution in [0, 0.1) is 0 Å². The summed E-state index contributed by atoms with van der Waals surface area (Å²) >= 11 is 0. The molecule has 1 aliphatic carbocycles. The Morgan fingerprint density at radius 2 is 1.44 bits per heavy atom. The highest BCUT2D eigenvalue weighted by Crippen LogP contribution is 2.34. The molecule has 8 nitrogen and oxygen atoms in total. The van der Waals surface area contributed by atoms with Gasteiger partial charge in [0.05, 0.1) is 12.4 Å². The van der Waals surface area contributed by atoms with E-state index in [0.29, 0.717) is 24.3 Å². The molecule has 4 rings (SSSR count). The number of nitrogens with zero attached hydrogens (tertiary/aromatic N) is 2. The van der Waals surface area contributed by atoms with E-state index in [4.69, 9.17) is 14.6 Å². The molecule has 8 heteroatoms. The van der Waals surface area contributed by atoms with Gasteiger partial charge < -0.3 is 19.9 Å². The first-order valence-electron chi connectivity index (χ1n) is 11.1. The fourth-order valence-corrected chi connectivity index (χ4v) is 3.89. The molecule has 1 aliphatic rings. The number of carbonyl (C=O) groups is 2. The molecule has 1 aromatic heterocycles. The number of nitrogens with one attached hydrogen (secondary N) is 1. The monoisotopic (exact) mass is 461 g/mol. The topological polar surface area (TPSA) is 111 Å². The lowest BCUT2D eigenvalue weighted by molar-refractivity contribution is 0.0833. The van der Waals surface area contributed by atoms with Crippen LogP contribution in [0.3, 0.4) is 0 Å². The summed E-state index contributed by atoms with van der Waals surface area (Å²) in [5.74, 6) is 1.86. The molecule has 2 N–H and O–H groups in total. The summed E-state index contributed by atoms with van der Waals surface area (Å²) in [5.41, 5.74) is 2.02. The van der Waals surface area contributed by atoms with Gasteiger partial charge in [0, 0.05) is 31.2 Å².